The van der Waals surface area contributed by atoms with Crippen molar-refractivity contribution in [1.29, 1.82) is 0 Å². The highest BCUT2D eigenvalue weighted by Crippen LogP contribution is 2.36. The minimum Gasteiger partial charge on any atom is -0.390 e. The second-order valence-electron chi connectivity index (χ2n) is 5.67. The van der Waals surface area contributed by atoms with Gasteiger partial charge in [0.25, 0.3) is 0 Å². The Morgan fingerprint density at radius 3 is 2.65 bits per heavy atom. The van der Waals surface area contributed by atoms with Gasteiger partial charge < -0.3 is 9.84 Å². The highest BCUT2D eigenvalue weighted by Gasteiger charge is 2.36. The fourth-order valence-corrected chi connectivity index (χ4v) is 2.99. The van der Waals surface area contributed by atoms with E-state index in [0.29, 0.717) is 18.9 Å². The van der Waals surface area contributed by atoms with Gasteiger partial charge in [0.15, 0.2) is 0 Å². The van der Waals surface area contributed by atoms with E-state index in [1.807, 2.05) is 6.92 Å². The number of ether oxygens (including phenoxy) is 1. The molecule has 1 fully saturated rings. The van der Waals surface area contributed by atoms with Gasteiger partial charge in [-0.15, -0.1) is 0 Å². The smallest absolute Gasteiger partial charge is 0.0865 e. The highest BCUT2D eigenvalue weighted by atomic mass is 16.5. The van der Waals surface area contributed by atoms with E-state index in [9.17, 15) is 5.11 Å². The lowest BCUT2D eigenvalue weighted by Crippen LogP contribution is -2.33. The molecule has 2 heteroatoms. The molecule has 0 saturated heterocycles. The Morgan fingerprint density at radius 1 is 1.15 bits per heavy atom. The summed E-state index contributed by atoms with van der Waals surface area (Å²) in [5.74, 6) is 0.555. The Hall–Kier alpha value is -1.38. The molecule has 2 aromatic rings. The first-order valence-electron chi connectivity index (χ1n) is 7.56. The maximum Gasteiger partial charge on any atom is 0.0865 e. The molecule has 0 radical (unpaired) electrons. The van der Waals surface area contributed by atoms with Gasteiger partial charge in [-0.25, -0.2) is 0 Å². The summed E-state index contributed by atoms with van der Waals surface area (Å²) in [5.41, 5.74) is 1.21. The summed E-state index contributed by atoms with van der Waals surface area (Å²) in [4.78, 5) is 0. The lowest BCUT2D eigenvalue weighted by molar-refractivity contribution is -0.0438. The van der Waals surface area contributed by atoms with Crippen molar-refractivity contribution in [3.05, 3.63) is 48.0 Å². The van der Waals surface area contributed by atoms with Gasteiger partial charge in [-0.3, -0.25) is 0 Å². The zero-order chi connectivity index (χ0) is 13.9. The van der Waals surface area contributed by atoms with Crippen molar-refractivity contribution >= 4 is 10.8 Å². The van der Waals surface area contributed by atoms with Crippen molar-refractivity contribution in [2.75, 3.05) is 6.61 Å². The Kier molecular flexibility index (Phi) is 4.04. The number of aliphatic hydroxyl groups is 1. The molecule has 1 N–H and O–H groups in total. The molecular formula is C18H22O2. The number of rotatable bonds is 6. The standard InChI is InChI=1S/C18H22O2/c1-2-20-18(14-10-11-14)17(19)12-15-8-5-7-13-6-3-4-9-16(13)15/h3-9,14,17-19H,2,10-12H2,1H3. The normalized spacial score (nSPS) is 18.1. The average molecular weight is 270 g/mol. The predicted molar refractivity (Wildman–Crippen MR) is 81.8 cm³/mol. The number of aliphatic hydroxyl groups excluding tert-OH is 1. The lowest BCUT2D eigenvalue weighted by Gasteiger charge is -2.23. The first kappa shape index (κ1) is 13.6. The number of hydrogen-bond acceptors (Lipinski definition) is 2. The van der Waals surface area contributed by atoms with Gasteiger partial charge in [-0.1, -0.05) is 42.5 Å². The molecule has 0 amide bonds. The molecule has 2 aromatic carbocycles. The summed E-state index contributed by atoms with van der Waals surface area (Å²) in [6, 6.07) is 14.6. The molecule has 3 rings (SSSR count). The van der Waals surface area contributed by atoms with Gasteiger partial charge in [0, 0.05) is 13.0 Å². The summed E-state index contributed by atoms with van der Waals surface area (Å²) in [5, 5.41) is 13.0. The van der Waals surface area contributed by atoms with E-state index < -0.39 is 6.10 Å². The van der Waals surface area contributed by atoms with Crippen LogP contribution in [0.4, 0.5) is 0 Å². The largest absolute Gasteiger partial charge is 0.390 e. The first-order valence-corrected chi connectivity index (χ1v) is 7.56. The molecule has 1 saturated carbocycles. The molecule has 0 bridgehead atoms. The summed E-state index contributed by atoms with van der Waals surface area (Å²) in [6.45, 7) is 2.67. The number of hydrogen-bond donors (Lipinski definition) is 1. The van der Waals surface area contributed by atoms with Crippen molar-refractivity contribution in [2.24, 2.45) is 5.92 Å². The molecule has 1 aliphatic rings. The van der Waals surface area contributed by atoms with Crippen LogP contribution in [0, 0.1) is 5.92 Å². The van der Waals surface area contributed by atoms with E-state index in [0.717, 1.165) is 0 Å². The third kappa shape index (κ3) is 2.87. The third-order valence-corrected chi connectivity index (χ3v) is 4.13. The third-order valence-electron chi connectivity index (χ3n) is 4.13. The molecule has 20 heavy (non-hydrogen) atoms. The minimum atomic E-state index is -0.409. The second kappa shape index (κ2) is 5.94. The number of benzene rings is 2. The van der Waals surface area contributed by atoms with Crippen LogP contribution in [-0.2, 0) is 11.2 Å². The molecule has 2 atom stereocenters. The van der Waals surface area contributed by atoms with Crippen molar-refractivity contribution in [3.8, 4) is 0 Å². The van der Waals surface area contributed by atoms with Crippen LogP contribution in [0.15, 0.2) is 42.5 Å². The van der Waals surface area contributed by atoms with Gasteiger partial charge in [-0.05, 0) is 42.0 Å². The highest BCUT2D eigenvalue weighted by molar-refractivity contribution is 5.85. The van der Waals surface area contributed by atoms with Crippen molar-refractivity contribution in [3.63, 3.8) is 0 Å². The summed E-state index contributed by atoms with van der Waals surface area (Å²) in [7, 11) is 0. The molecule has 1 aliphatic carbocycles. The van der Waals surface area contributed by atoms with E-state index in [1.54, 1.807) is 0 Å². The van der Waals surface area contributed by atoms with Crippen LogP contribution in [0.5, 0.6) is 0 Å². The summed E-state index contributed by atoms with van der Waals surface area (Å²) >= 11 is 0. The minimum absolute atomic E-state index is 0.000955. The van der Waals surface area contributed by atoms with Crippen LogP contribution in [0.25, 0.3) is 10.8 Å². The van der Waals surface area contributed by atoms with Crippen molar-refractivity contribution in [1.82, 2.24) is 0 Å². The van der Waals surface area contributed by atoms with E-state index in [2.05, 4.69) is 42.5 Å². The first-order chi connectivity index (χ1) is 9.79. The fraction of sp³-hybridized carbons (Fsp3) is 0.444. The second-order valence-corrected chi connectivity index (χ2v) is 5.67. The van der Waals surface area contributed by atoms with Gasteiger partial charge in [0.05, 0.1) is 12.2 Å². The summed E-state index contributed by atoms with van der Waals surface area (Å²) in [6.07, 6.45) is 2.64. The van der Waals surface area contributed by atoms with Crippen LogP contribution < -0.4 is 0 Å². The zero-order valence-corrected chi connectivity index (χ0v) is 12.0. The van der Waals surface area contributed by atoms with E-state index in [4.69, 9.17) is 4.74 Å². The molecule has 0 heterocycles. The summed E-state index contributed by atoms with van der Waals surface area (Å²) < 4.78 is 5.76. The Labute approximate surface area is 120 Å². The Morgan fingerprint density at radius 2 is 1.90 bits per heavy atom. The van der Waals surface area contributed by atoms with Gasteiger partial charge in [-0.2, -0.15) is 0 Å². The topological polar surface area (TPSA) is 29.5 Å². The lowest BCUT2D eigenvalue weighted by atomic mass is 9.96. The number of fused-ring (bicyclic) bond motifs is 1. The quantitative estimate of drug-likeness (QED) is 0.869. The molecular weight excluding hydrogens is 248 g/mol. The molecule has 0 aliphatic heterocycles. The zero-order valence-electron chi connectivity index (χ0n) is 12.0. The molecule has 2 unspecified atom stereocenters. The predicted octanol–water partition coefficient (Wildman–Crippen LogP) is 3.56. The van der Waals surface area contributed by atoms with Crippen molar-refractivity contribution in [2.45, 2.75) is 38.4 Å². The maximum atomic E-state index is 10.5. The SMILES string of the molecule is CCOC(C(O)Cc1cccc2ccccc12)C1CC1. The fourth-order valence-electron chi connectivity index (χ4n) is 2.99. The maximum absolute atomic E-state index is 10.5. The van der Waals surface area contributed by atoms with Crippen LogP contribution in [0.1, 0.15) is 25.3 Å². The van der Waals surface area contributed by atoms with Crippen LogP contribution in [-0.4, -0.2) is 23.9 Å². The molecule has 0 spiro atoms. The molecule has 2 nitrogen and oxygen atoms in total. The van der Waals surface area contributed by atoms with Crippen LogP contribution in [0.3, 0.4) is 0 Å². The van der Waals surface area contributed by atoms with Gasteiger partial charge in [0.1, 0.15) is 0 Å². The van der Waals surface area contributed by atoms with E-state index in [1.165, 1.54) is 29.2 Å². The molecule has 0 aromatic heterocycles. The van der Waals surface area contributed by atoms with Crippen LogP contribution in [0.2, 0.25) is 0 Å². The molecule has 106 valence electrons. The van der Waals surface area contributed by atoms with Gasteiger partial charge in [0.2, 0.25) is 0 Å². The van der Waals surface area contributed by atoms with Crippen molar-refractivity contribution < 1.29 is 9.84 Å². The average Bonchev–Trinajstić information content (AvgIpc) is 3.29. The van der Waals surface area contributed by atoms with E-state index in [-0.39, 0.29) is 6.10 Å². The Balaban J connectivity index is 1.81. The van der Waals surface area contributed by atoms with Crippen LogP contribution >= 0.6 is 0 Å². The van der Waals surface area contributed by atoms with Gasteiger partial charge >= 0.3 is 0 Å². The monoisotopic (exact) mass is 270 g/mol. The van der Waals surface area contributed by atoms with E-state index >= 15 is 0 Å². The Bertz CT molecular complexity index is 569.